The van der Waals surface area contributed by atoms with Gasteiger partial charge in [-0.25, -0.2) is 14.4 Å². The average molecular weight is 371 g/mol. The lowest BCUT2D eigenvalue weighted by atomic mass is 10.1. The highest BCUT2D eigenvalue weighted by Gasteiger charge is 2.10. The lowest BCUT2D eigenvalue weighted by Crippen LogP contribution is -2.14. The summed E-state index contributed by atoms with van der Waals surface area (Å²) in [5.41, 5.74) is 2.86. The SMILES string of the molecule is Cc1ccc(CNc2cc(C(=O)Nc3ccc(F)c(Cl)c3)ncn2)cc1. The van der Waals surface area contributed by atoms with E-state index in [4.69, 9.17) is 11.6 Å². The molecule has 5 nitrogen and oxygen atoms in total. The Balaban J connectivity index is 1.66. The van der Waals surface area contributed by atoms with E-state index in [1.807, 2.05) is 31.2 Å². The quantitative estimate of drug-likeness (QED) is 0.696. The first-order chi connectivity index (χ1) is 12.5. The van der Waals surface area contributed by atoms with Crippen molar-refractivity contribution in [1.29, 1.82) is 0 Å². The van der Waals surface area contributed by atoms with E-state index in [1.54, 1.807) is 6.07 Å². The van der Waals surface area contributed by atoms with E-state index in [0.29, 0.717) is 18.1 Å². The molecule has 0 aliphatic carbocycles. The van der Waals surface area contributed by atoms with E-state index in [2.05, 4.69) is 20.6 Å². The number of halogens is 2. The molecule has 2 N–H and O–H groups in total. The van der Waals surface area contributed by atoms with Crippen molar-refractivity contribution < 1.29 is 9.18 Å². The largest absolute Gasteiger partial charge is 0.366 e. The molecule has 0 atom stereocenters. The van der Waals surface area contributed by atoms with Gasteiger partial charge in [0.25, 0.3) is 5.91 Å². The van der Waals surface area contributed by atoms with Crippen LogP contribution in [-0.2, 0) is 6.54 Å². The molecule has 1 heterocycles. The summed E-state index contributed by atoms with van der Waals surface area (Å²) in [5.74, 6) is -0.453. The predicted octanol–water partition coefficient (Wildman–Crippen LogP) is 4.44. The van der Waals surface area contributed by atoms with Gasteiger partial charge in [0.2, 0.25) is 0 Å². The fourth-order valence-corrected chi connectivity index (χ4v) is 2.43. The van der Waals surface area contributed by atoms with Crippen LogP contribution in [0.25, 0.3) is 0 Å². The fourth-order valence-electron chi connectivity index (χ4n) is 2.25. The summed E-state index contributed by atoms with van der Waals surface area (Å²) in [6.45, 7) is 2.60. The lowest BCUT2D eigenvalue weighted by molar-refractivity contribution is 0.102. The van der Waals surface area contributed by atoms with Gasteiger partial charge in [0.05, 0.1) is 5.02 Å². The van der Waals surface area contributed by atoms with Crippen molar-refractivity contribution in [3.05, 3.63) is 82.5 Å². The Bertz CT molecular complexity index is 931. The fraction of sp³-hybridized carbons (Fsp3) is 0.105. The smallest absolute Gasteiger partial charge is 0.274 e. The number of nitrogens with one attached hydrogen (secondary N) is 2. The van der Waals surface area contributed by atoms with Crippen LogP contribution in [-0.4, -0.2) is 15.9 Å². The summed E-state index contributed by atoms with van der Waals surface area (Å²) in [7, 11) is 0. The second-order valence-electron chi connectivity index (χ2n) is 5.71. The van der Waals surface area contributed by atoms with Gasteiger partial charge in [-0.05, 0) is 30.7 Å². The molecule has 0 spiro atoms. The van der Waals surface area contributed by atoms with Crippen molar-refractivity contribution >= 4 is 29.0 Å². The van der Waals surface area contributed by atoms with Gasteiger partial charge >= 0.3 is 0 Å². The van der Waals surface area contributed by atoms with Gasteiger partial charge < -0.3 is 10.6 Å². The first-order valence-electron chi connectivity index (χ1n) is 7.89. The zero-order valence-electron chi connectivity index (χ0n) is 14.0. The molecule has 0 bridgehead atoms. The van der Waals surface area contributed by atoms with E-state index in [9.17, 15) is 9.18 Å². The lowest BCUT2D eigenvalue weighted by Gasteiger charge is -2.08. The predicted molar refractivity (Wildman–Crippen MR) is 99.9 cm³/mol. The number of amides is 1. The van der Waals surface area contributed by atoms with Gasteiger partial charge in [0, 0.05) is 18.3 Å². The number of rotatable bonds is 5. The van der Waals surface area contributed by atoms with Crippen LogP contribution >= 0.6 is 11.6 Å². The van der Waals surface area contributed by atoms with Crippen molar-refractivity contribution in [1.82, 2.24) is 9.97 Å². The number of benzene rings is 2. The van der Waals surface area contributed by atoms with Gasteiger partial charge in [-0.2, -0.15) is 0 Å². The molecule has 132 valence electrons. The van der Waals surface area contributed by atoms with Crippen LogP contribution in [0.2, 0.25) is 5.02 Å². The van der Waals surface area contributed by atoms with E-state index >= 15 is 0 Å². The number of aromatic nitrogens is 2. The van der Waals surface area contributed by atoms with Gasteiger partial charge in [-0.3, -0.25) is 4.79 Å². The number of hydrogen-bond donors (Lipinski definition) is 2. The highest BCUT2D eigenvalue weighted by atomic mass is 35.5. The molecule has 0 unspecified atom stereocenters. The molecule has 0 fully saturated rings. The number of aryl methyl sites for hydroxylation is 1. The second kappa shape index (κ2) is 7.93. The molecule has 0 saturated heterocycles. The van der Waals surface area contributed by atoms with Gasteiger partial charge in [-0.1, -0.05) is 41.4 Å². The number of carbonyl (C=O) groups is 1. The topological polar surface area (TPSA) is 66.9 Å². The maximum atomic E-state index is 13.2. The Morgan fingerprint density at radius 3 is 2.62 bits per heavy atom. The van der Waals surface area contributed by atoms with Crippen molar-refractivity contribution in [3.8, 4) is 0 Å². The summed E-state index contributed by atoms with van der Waals surface area (Å²) >= 11 is 5.72. The Morgan fingerprint density at radius 2 is 1.88 bits per heavy atom. The first kappa shape index (κ1) is 17.8. The summed E-state index contributed by atoms with van der Waals surface area (Å²) in [4.78, 5) is 20.4. The molecule has 3 rings (SSSR count). The van der Waals surface area contributed by atoms with Crippen molar-refractivity contribution in [2.75, 3.05) is 10.6 Å². The number of carbonyl (C=O) groups excluding carboxylic acids is 1. The van der Waals surface area contributed by atoms with E-state index in [0.717, 1.165) is 5.56 Å². The monoisotopic (exact) mass is 370 g/mol. The second-order valence-corrected chi connectivity index (χ2v) is 6.12. The maximum absolute atomic E-state index is 13.2. The Labute approximate surface area is 155 Å². The molecule has 1 aromatic heterocycles. The average Bonchev–Trinajstić information content (AvgIpc) is 2.64. The molecule has 26 heavy (non-hydrogen) atoms. The van der Waals surface area contributed by atoms with E-state index in [-0.39, 0.29) is 10.7 Å². The highest BCUT2D eigenvalue weighted by molar-refractivity contribution is 6.31. The number of anilines is 2. The first-order valence-corrected chi connectivity index (χ1v) is 8.27. The summed E-state index contributed by atoms with van der Waals surface area (Å²) < 4.78 is 13.2. The maximum Gasteiger partial charge on any atom is 0.274 e. The molecule has 0 aliphatic rings. The third-order valence-corrected chi connectivity index (χ3v) is 3.96. The van der Waals surface area contributed by atoms with Gasteiger partial charge in [0.15, 0.2) is 0 Å². The Kier molecular flexibility index (Phi) is 5.43. The van der Waals surface area contributed by atoms with Crippen molar-refractivity contribution in [2.45, 2.75) is 13.5 Å². The molecule has 0 radical (unpaired) electrons. The number of hydrogen-bond acceptors (Lipinski definition) is 4. The van der Waals surface area contributed by atoms with Crippen molar-refractivity contribution in [3.63, 3.8) is 0 Å². The normalized spacial score (nSPS) is 10.4. The van der Waals surface area contributed by atoms with Crippen LogP contribution in [0.5, 0.6) is 0 Å². The molecule has 7 heteroatoms. The minimum Gasteiger partial charge on any atom is -0.366 e. The molecular formula is C19H16ClFN4O. The van der Waals surface area contributed by atoms with Crippen LogP contribution in [0.15, 0.2) is 54.9 Å². The zero-order valence-corrected chi connectivity index (χ0v) is 14.7. The Hall–Kier alpha value is -2.99. The minimum absolute atomic E-state index is 0.0639. The molecule has 3 aromatic rings. The van der Waals surface area contributed by atoms with Crippen molar-refractivity contribution in [2.24, 2.45) is 0 Å². The molecule has 0 aliphatic heterocycles. The minimum atomic E-state index is -0.547. The zero-order chi connectivity index (χ0) is 18.5. The van der Waals surface area contributed by atoms with Gasteiger partial charge in [0.1, 0.15) is 23.7 Å². The third-order valence-electron chi connectivity index (χ3n) is 3.67. The number of nitrogens with zero attached hydrogens (tertiary/aromatic N) is 2. The van der Waals surface area contributed by atoms with Crippen LogP contribution in [0.4, 0.5) is 15.9 Å². The third kappa shape index (κ3) is 4.55. The van der Waals surface area contributed by atoms with Gasteiger partial charge in [-0.15, -0.1) is 0 Å². The molecular weight excluding hydrogens is 355 g/mol. The van der Waals surface area contributed by atoms with E-state index < -0.39 is 11.7 Å². The van der Waals surface area contributed by atoms with Crippen LogP contribution in [0.1, 0.15) is 21.6 Å². The van der Waals surface area contributed by atoms with Crippen LogP contribution in [0.3, 0.4) is 0 Å². The molecule has 0 saturated carbocycles. The van der Waals surface area contributed by atoms with Crippen LogP contribution in [0, 0.1) is 12.7 Å². The van der Waals surface area contributed by atoms with E-state index in [1.165, 1.54) is 30.1 Å². The summed E-state index contributed by atoms with van der Waals surface area (Å²) in [5, 5.41) is 5.72. The highest BCUT2D eigenvalue weighted by Crippen LogP contribution is 2.20. The van der Waals surface area contributed by atoms with Crippen LogP contribution < -0.4 is 10.6 Å². The summed E-state index contributed by atoms with van der Waals surface area (Å²) in [6.07, 6.45) is 1.31. The standard InChI is InChI=1S/C19H16ClFN4O/c1-12-2-4-13(5-3-12)10-22-18-9-17(23-11-24-18)19(26)25-14-6-7-16(21)15(20)8-14/h2-9,11H,10H2,1H3,(H,25,26)(H,22,23,24). The Morgan fingerprint density at radius 1 is 1.12 bits per heavy atom. The molecule has 2 aromatic carbocycles. The molecule has 1 amide bonds. The summed E-state index contributed by atoms with van der Waals surface area (Å²) in [6, 6.07) is 13.6.